The number of nitrogens with zero attached hydrogens (tertiary/aromatic N) is 1. The number of hydrogen-bond acceptors (Lipinski definition) is 4. The lowest BCUT2D eigenvalue weighted by Crippen LogP contribution is -2.27. The molecule has 2 N–H and O–H groups in total. The molecule has 2 atom stereocenters. The molecule has 0 aromatic heterocycles. The van der Waals surface area contributed by atoms with Crippen LogP contribution >= 0.6 is 0 Å². The summed E-state index contributed by atoms with van der Waals surface area (Å²) in [6.07, 6.45) is -0.360. The van der Waals surface area contributed by atoms with Gasteiger partial charge in [-0.3, -0.25) is 4.84 Å². The van der Waals surface area contributed by atoms with Gasteiger partial charge in [0.05, 0.1) is 19.3 Å². The van der Waals surface area contributed by atoms with Crippen molar-refractivity contribution in [2.45, 2.75) is 13.0 Å². The molecule has 11 heavy (non-hydrogen) atoms. The van der Waals surface area contributed by atoms with Crippen molar-refractivity contribution < 1.29 is 15.1 Å². The zero-order valence-electron chi connectivity index (χ0n) is 6.73. The molecule has 66 valence electrons. The maximum absolute atomic E-state index is 9.06. The van der Waals surface area contributed by atoms with Crippen LogP contribution in [-0.2, 0) is 4.84 Å². The third kappa shape index (κ3) is 2.75. The van der Waals surface area contributed by atoms with Crippen molar-refractivity contribution in [3.8, 4) is 0 Å². The molecule has 1 aliphatic rings. The highest BCUT2D eigenvalue weighted by Gasteiger charge is 2.22. The standard InChI is InChI=1S/C7H15NO3/c1-6(4-9)2-8-3-7(10)5-11-8/h6-7,9-10H,2-5H2,1H3/t6?,7-/m0/s1. The molecule has 4 nitrogen and oxygen atoms in total. The fourth-order valence-electron chi connectivity index (χ4n) is 1.06. The summed E-state index contributed by atoms with van der Waals surface area (Å²) in [6, 6.07) is 0. The van der Waals surface area contributed by atoms with Gasteiger partial charge in [-0.15, -0.1) is 0 Å². The Kier molecular flexibility index (Phi) is 3.26. The summed E-state index contributed by atoms with van der Waals surface area (Å²) in [5, 5.41) is 19.5. The van der Waals surface area contributed by atoms with Crippen LogP contribution in [-0.4, -0.2) is 47.7 Å². The Labute approximate surface area is 66.3 Å². The summed E-state index contributed by atoms with van der Waals surface area (Å²) in [7, 11) is 0. The van der Waals surface area contributed by atoms with E-state index in [1.165, 1.54) is 0 Å². The zero-order chi connectivity index (χ0) is 8.27. The zero-order valence-corrected chi connectivity index (χ0v) is 6.73. The van der Waals surface area contributed by atoms with E-state index in [-0.39, 0.29) is 18.6 Å². The molecule has 1 fully saturated rings. The van der Waals surface area contributed by atoms with E-state index < -0.39 is 0 Å². The van der Waals surface area contributed by atoms with Crippen LogP contribution < -0.4 is 0 Å². The molecule has 0 aromatic carbocycles. The summed E-state index contributed by atoms with van der Waals surface area (Å²) in [5.41, 5.74) is 0. The van der Waals surface area contributed by atoms with E-state index in [0.29, 0.717) is 19.7 Å². The maximum Gasteiger partial charge on any atom is 0.0958 e. The second kappa shape index (κ2) is 4.01. The summed E-state index contributed by atoms with van der Waals surface area (Å²) >= 11 is 0. The van der Waals surface area contributed by atoms with Crippen molar-refractivity contribution in [2.75, 3.05) is 26.3 Å². The first-order valence-corrected chi connectivity index (χ1v) is 3.89. The summed E-state index contributed by atoms with van der Waals surface area (Å²) in [6.45, 7) is 3.74. The lowest BCUT2D eigenvalue weighted by Gasteiger charge is -2.16. The van der Waals surface area contributed by atoms with Crippen molar-refractivity contribution >= 4 is 0 Å². The van der Waals surface area contributed by atoms with Gasteiger partial charge < -0.3 is 10.2 Å². The maximum atomic E-state index is 9.06. The van der Waals surface area contributed by atoms with Crippen LogP contribution in [0.15, 0.2) is 0 Å². The fraction of sp³-hybridized carbons (Fsp3) is 1.00. The molecule has 0 saturated carbocycles. The van der Waals surface area contributed by atoms with Gasteiger partial charge in [0.15, 0.2) is 0 Å². The predicted octanol–water partition coefficient (Wildman–Crippen LogP) is -0.777. The van der Waals surface area contributed by atoms with Crippen LogP contribution in [0.1, 0.15) is 6.92 Å². The van der Waals surface area contributed by atoms with E-state index in [0.717, 1.165) is 0 Å². The highest BCUT2D eigenvalue weighted by Crippen LogP contribution is 2.07. The number of β-amino-alcohol motifs (C(OH)–C–C–N with tert-alkyl or cyclic N) is 1. The lowest BCUT2D eigenvalue weighted by molar-refractivity contribution is -0.120. The molecule has 1 rings (SSSR count). The molecule has 4 heteroatoms. The molecular formula is C7H15NO3. The summed E-state index contributed by atoms with van der Waals surface area (Å²) in [4.78, 5) is 5.11. The molecule has 1 aliphatic heterocycles. The van der Waals surface area contributed by atoms with E-state index in [4.69, 9.17) is 15.1 Å². The number of hydroxylamine groups is 2. The van der Waals surface area contributed by atoms with Gasteiger partial charge >= 0.3 is 0 Å². The molecule has 1 saturated heterocycles. The molecule has 0 bridgehead atoms. The van der Waals surface area contributed by atoms with Gasteiger partial charge in [-0.05, 0) is 5.92 Å². The van der Waals surface area contributed by atoms with Crippen molar-refractivity contribution in [1.82, 2.24) is 5.06 Å². The lowest BCUT2D eigenvalue weighted by atomic mass is 10.2. The minimum atomic E-state index is -0.360. The smallest absolute Gasteiger partial charge is 0.0958 e. The quantitative estimate of drug-likeness (QED) is 0.570. The fourth-order valence-corrected chi connectivity index (χ4v) is 1.06. The Morgan fingerprint density at radius 1 is 1.73 bits per heavy atom. The highest BCUT2D eigenvalue weighted by atomic mass is 16.7. The van der Waals surface area contributed by atoms with E-state index >= 15 is 0 Å². The van der Waals surface area contributed by atoms with Crippen molar-refractivity contribution in [1.29, 1.82) is 0 Å². The first-order chi connectivity index (χ1) is 5.22. The first-order valence-electron chi connectivity index (χ1n) is 3.89. The first kappa shape index (κ1) is 8.93. The summed E-state index contributed by atoms with van der Waals surface area (Å²) in [5.74, 6) is 0.209. The molecule has 1 unspecified atom stereocenters. The van der Waals surface area contributed by atoms with E-state index in [2.05, 4.69) is 0 Å². The van der Waals surface area contributed by atoms with Crippen molar-refractivity contribution in [3.05, 3.63) is 0 Å². The Morgan fingerprint density at radius 2 is 2.45 bits per heavy atom. The van der Waals surface area contributed by atoms with Gasteiger partial charge in [-0.1, -0.05) is 6.92 Å². The van der Waals surface area contributed by atoms with Gasteiger partial charge in [-0.25, -0.2) is 0 Å². The second-order valence-corrected chi connectivity index (χ2v) is 3.08. The number of aliphatic hydroxyl groups is 2. The van der Waals surface area contributed by atoms with Crippen LogP contribution in [0.3, 0.4) is 0 Å². The molecule has 0 aromatic rings. The second-order valence-electron chi connectivity index (χ2n) is 3.08. The minimum Gasteiger partial charge on any atom is -0.396 e. The SMILES string of the molecule is CC(CO)CN1C[C@H](O)CO1. The van der Waals surface area contributed by atoms with Gasteiger partial charge in [0.2, 0.25) is 0 Å². The van der Waals surface area contributed by atoms with Crippen LogP contribution in [0, 0.1) is 5.92 Å². The average molecular weight is 161 g/mol. The van der Waals surface area contributed by atoms with Crippen LogP contribution in [0.2, 0.25) is 0 Å². The Bertz CT molecular complexity index is 120. The normalized spacial score (nSPS) is 29.2. The molecule has 0 radical (unpaired) electrons. The molecule has 0 amide bonds. The van der Waals surface area contributed by atoms with E-state index in [1.807, 2.05) is 6.92 Å². The number of aliphatic hydroxyl groups excluding tert-OH is 2. The number of rotatable bonds is 3. The van der Waals surface area contributed by atoms with Crippen LogP contribution in [0.4, 0.5) is 0 Å². The molecule has 0 aliphatic carbocycles. The monoisotopic (exact) mass is 161 g/mol. The number of hydrogen-bond donors (Lipinski definition) is 2. The molecular weight excluding hydrogens is 146 g/mol. The molecule has 1 heterocycles. The average Bonchev–Trinajstić information content (AvgIpc) is 2.35. The van der Waals surface area contributed by atoms with Gasteiger partial charge in [0.25, 0.3) is 0 Å². The summed E-state index contributed by atoms with van der Waals surface area (Å²) < 4.78 is 0. The Hall–Kier alpha value is -0.160. The van der Waals surface area contributed by atoms with Gasteiger partial charge in [0.1, 0.15) is 0 Å². The minimum absolute atomic E-state index is 0.163. The predicted molar refractivity (Wildman–Crippen MR) is 39.8 cm³/mol. The topological polar surface area (TPSA) is 52.9 Å². The highest BCUT2D eigenvalue weighted by molar-refractivity contribution is 4.65. The van der Waals surface area contributed by atoms with E-state index in [9.17, 15) is 0 Å². The third-order valence-corrected chi connectivity index (χ3v) is 1.69. The van der Waals surface area contributed by atoms with Crippen molar-refractivity contribution in [2.24, 2.45) is 5.92 Å². The van der Waals surface area contributed by atoms with Crippen LogP contribution in [0.25, 0.3) is 0 Å². The van der Waals surface area contributed by atoms with E-state index in [1.54, 1.807) is 5.06 Å². The van der Waals surface area contributed by atoms with Gasteiger partial charge in [-0.2, -0.15) is 5.06 Å². The Morgan fingerprint density at radius 3 is 2.91 bits per heavy atom. The van der Waals surface area contributed by atoms with Crippen LogP contribution in [0.5, 0.6) is 0 Å². The van der Waals surface area contributed by atoms with Crippen molar-refractivity contribution in [3.63, 3.8) is 0 Å². The third-order valence-electron chi connectivity index (χ3n) is 1.69. The van der Waals surface area contributed by atoms with Gasteiger partial charge in [0, 0.05) is 13.2 Å². The molecule has 0 spiro atoms. The largest absolute Gasteiger partial charge is 0.396 e. The Balaban J connectivity index is 2.17.